The van der Waals surface area contributed by atoms with E-state index in [1.54, 1.807) is 19.1 Å². The van der Waals surface area contributed by atoms with Crippen molar-refractivity contribution in [2.24, 2.45) is 5.14 Å². The summed E-state index contributed by atoms with van der Waals surface area (Å²) in [4.78, 5) is 12.5. The SMILES string of the molecule is CC(NC(=O)C1Cc2cc(Br)ccc2O1)c1cccc(S(N)(=O)=O)c1. The van der Waals surface area contributed by atoms with Crippen LogP contribution in [0, 0.1) is 0 Å². The van der Waals surface area contributed by atoms with Crippen molar-refractivity contribution < 1.29 is 17.9 Å². The lowest BCUT2D eigenvalue weighted by atomic mass is 10.1. The van der Waals surface area contributed by atoms with Gasteiger partial charge in [-0.2, -0.15) is 0 Å². The summed E-state index contributed by atoms with van der Waals surface area (Å²) in [5, 5.41) is 8.00. The molecule has 2 atom stereocenters. The largest absolute Gasteiger partial charge is 0.480 e. The van der Waals surface area contributed by atoms with Crippen LogP contribution in [-0.2, 0) is 21.2 Å². The van der Waals surface area contributed by atoms with Crippen molar-refractivity contribution in [1.82, 2.24) is 5.32 Å². The highest BCUT2D eigenvalue weighted by molar-refractivity contribution is 9.10. The van der Waals surface area contributed by atoms with Gasteiger partial charge in [0.15, 0.2) is 6.10 Å². The minimum Gasteiger partial charge on any atom is -0.480 e. The highest BCUT2D eigenvalue weighted by Gasteiger charge is 2.30. The van der Waals surface area contributed by atoms with Gasteiger partial charge in [-0.15, -0.1) is 0 Å². The van der Waals surface area contributed by atoms with Crippen LogP contribution in [0.3, 0.4) is 0 Å². The van der Waals surface area contributed by atoms with Crippen LogP contribution in [0.15, 0.2) is 51.8 Å². The molecule has 0 fully saturated rings. The Hall–Kier alpha value is -1.90. The number of carbonyl (C=O) groups excluding carboxylic acids is 1. The summed E-state index contributed by atoms with van der Waals surface area (Å²) in [6, 6.07) is 11.4. The second-order valence-electron chi connectivity index (χ2n) is 5.91. The molecule has 2 aromatic carbocycles. The number of halogens is 1. The first kappa shape index (κ1) is 17.9. The number of nitrogens with two attached hydrogens (primary N) is 1. The van der Waals surface area contributed by atoms with Crippen molar-refractivity contribution >= 4 is 31.9 Å². The van der Waals surface area contributed by atoms with Gasteiger partial charge in [0.2, 0.25) is 10.0 Å². The molecular formula is C17H17BrN2O4S. The predicted molar refractivity (Wildman–Crippen MR) is 96.6 cm³/mol. The smallest absolute Gasteiger partial charge is 0.261 e. The monoisotopic (exact) mass is 424 g/mol. The average molecular weight is 425 g/mol. The Morgan fingerprint density at radius 3 is 2.80 bits per heavy atom. The number of hydrogen-bond donors (Lipinski definition) is 2. The average Bonchev–Trinajstić information content (AvgIpc) is 2.97. The third-order valence-corrected chi connectivity index (χ3v) is 5.44. The number of hydrogen-bond acceptors (Lipinski definition) is 4. The van der Waals surface area contributed by atoms with E-state index in [2.05, 4.69) is 21.2 Å². The van der Waals surface area contributed by atoms with Crippen molar-refractivity contribution in [3.63, 3.8) is 0 Å². The lowest BCUT2D eigenvalue weighted by Gasteiger charge is -2.18. The molecule has 2 unspecified atom stereocenters. The summed E-state index contributed by atoms with van der Waals surface area (Å²) in [6.45, 7) is 1.78. The zero-order valence-electron chi connectivity index (χ0n) is 13.4. The van der Waals surface area contributed by atoms with Gasteiger partial charge < -0.3 is 10.1 Å². The molecule has 0 aromatic heterocycles. The Morgan fingerprint density at radius 2 is 2.08 bits per heavy atom. The summed E-state index contributed by atoms with van der Waals surface area (Å²) >= 11 is 3.40. The van der Waals surface area contributed by atoms with E-state index in [0.717, 1.165) is 10.0 Å². The van der Waals surface area contributed by atoms with E-state index in [-0.39, 0.29) is 16.8 Å². The molecule has 0 bridgehead atoms. The second-order valence-corrected chi connectivity index (χ2v) is 8.39. The van der Waals surface area contributed by atoms with Gasteiger partial charge in [-0.3, -0.25) is 4.79 Å². The first-order valence-corrected chi connectivity index (χ1v) is 9.96. The van der Waals surface area contributed by atoms with Gasteiger partial charge >= 0.3 is 0 Å². The van der Waals surface area contributed by atoms with Crippen LogP contribution in [0.25, 0.3) is 0 Å². The van der Waals surface area contributed by atoms with Crippen LogP contribution in [-0.4, -0.2) is 20.4 Å². The van der Waals surface area contributed by atoms with Gasteiger partial charge in [-0.25, -0.2) is 13.6 Å². The van der Waals surface area contributed by atoms with E-state index in [0.29, 0.717) is 17.7 Å². The van der Waals surface area contributed by atoms with Crippen molar-refractivity contribution in [2.45, 2.75) is 30.4 Å². The summed E-state index contributed by atoms with van der Waals surface area (Å²) < 4.78 is 29.5. The fourth-order valence-corrected chi connectivity index (χ4v) is 3.69. The molecule has 2 aromatic rings. The summed E-state index contributed by atoms with van der Waals surface area (Å²) in [7, 11) is -3.79. The normalized spacial score (nSPS) is 17.5. The highest BCUT2D eigenvalue weighted by Crippen LogP contribution is 2.31. The molecule has 1 heterocycles. The van der Waals surface area contributed by atoms with E-state index >= 15 is 0 Å². The lowest BCUT2D eigenvalue weighted by Crippen LogP contribution is -2.38. The van der Waals surface area contributed by atoms with Crippen molar-refractivity contribution in [2.75, 3.05) is 0 Å². The number of fused-ring (bicyclic) bond motifs is 1. The number of sulfonamides is 1. The van der Waals surface area contributed by atoms with E-state index in [1.807, 2.05) is 18.2 Å². The first-order chi connectivity index (χ1) is 11.7. The van der Waals surface area contributed by atoms with Crippen molar-refractivity contribution in [3.05, 3.63) is 58.1 Å². The van der Waals surface area contributed by atoms with E-state index in [4.69, 9.17) is 9.88 Å². The number of amides is 1. The van der Waals surface area contributed by atoms with E-state index in [1.165, 1.54) is 12.1 Å². The molecule has 1 aliphatic rings. The molecule has 0 saturated carbocycles. The molecule has 8 heteroatoms. The molecule has 3 rings (SSSR count). The molecule has 0 aliphatic carbocycles. The van der Waals surface area contributed by atoms with Crippen LogP contribution in [0.4, 0.5) is 0 Å². The van der Waals surface area contributed by atoms with Gasteiger partial charge in [0, 0.05) is 10.9 Å². The predicted octanol–water partition coefficient (Wildman–Crippen LogP) is 2.28. The van der Waals surface area contributed by atoms with E-state index in [9.17, 15) is 13.2 Å². The van der Waals surface area contributed by atoms with Crippen LogP contribution < -0.4 is 15.2 Å². The number of carbonyl (C=O) groups is 1. The quantitative estimate of drug-likeness (QED) is 0.785. The Labute approximate surface area is 154 Å². The lowest BCUT2D eigenvalue weighted by molar-refractivity contribution is -0.127. The number of primary sulfonamides is 1. The summed E-state index contributed by atoms with van der Waals surface area (Å²) in [6.07, 6.45) is -0.113. The number of benzene rings is 2. The molecule has 1 aliphatic heterocycles. The van der Waals surface area contributed by atoms with Gasteiger partial charge in [0.25, 0.3) is 5.91 Å². The van der Waals surface area contributed by atoms with Gasteiger partial charge in [-0.05, 0) is 48.4 Å². The highest BCUT2D eigenvalue weighted by atomic mass is 79.9. The summed E-state index contributed by atoms with van der Waals surface area (Å²) in [5.74, 6) is 0.452. The maximum atomic E-state index is 12.5. The molecule has 6 nitrogen and oxygen atoms in total. The topological polar surface area (TPSA) is 98.5 Å². The first-order valence-electron chi connectivity index (χ1n) is 7.62. The molecule has 1 amide bonds. The van der Waals surface area contributed by atoms with Crippen LogP contribution in [0.1, 0.15) is 24.1 Å². The minimum atomic E-state index is -3.79. The Bertz CT molecular complexity index is 930. The molecule has 0 radical (unpaired) electrons. The molecular weight excluding hydrogens is 408 g/mol. The standard InChI is InChI=1S/C17H17BrN2O4S/c1-10(11-3-2-4-14(8-11)25(19,22)23)20-17(21)16-9-12-7-13(18)5-6-15(12)24-16/h2-8,10,16H,9H2,1H3,(H,20,21)(H2,19,22,23). The van der Waals surface area contributed by atoms with Crippen LogP contribution >= 0.6 is 15.9 Å². The maximum Gasteiger partial charge on any atom is 0.261 e. The number of ether oxygens (including phenoxy) is 1. The van der Waals surface area contributed by atoms with Crippen molar-refractivity contribution in [3.8, 4) is 5.75 Å². The number of nitrogens with one attached hydrogen (secondary N) is 1. The van der Waals surface area contributed by atoms with Crippen molar-refractivity contribution in [1.29, 1.82) is 0 Å². The zero-order chi connectivity index (χ0) is 18.2. The molecule has 0 spiro atoms. The van der Waals surface area contributed by atoms with E-state index < -0.39 is 16.1 Å². The third kappa shape index (κ3) is 4.02. The van der Waals surface area contributed by atoms with Gasteiger partial charge in [-0.1, -0.05) is 28.1 Å². The Kier molecular flexibility index (Phi) is 4.86. The minimum absolute atomic E-state index is 0.0143. The van der Waals surface area contributed by atoms with Gasteiger partial charge in [0.05, 0.1) is 10.9 Å². The molecule has 3 N–H and O–H groups in total. The Balaban J connectivity index is 1.70. The zero-order valence-corrected chi connectivity index (χ0v) is 15.8. The fourth-order valence-electron chi connectivity index (χ4n) is 2.71. The van der Waals surface area contributed by atoms with Crippen LogP contribution in [0.2, 0.25) is 0 Å². The molecule has 0 saturated heterocycles. The number of rotatable bonds is 4. The van der Waals surface area contributed by atoms with Gasteiger partial charge in [0.1, 0.15) is 5.75 Å². The fraction of sp³-hybridized carbons (Fsp3) is 0.235. The molecule has 132 valence electrons. The summed E-state index contributed by atoms with van der Waals surface area (Å²) in [5.41, 5.74) is 1.62. The maximum absolute atomic E-state index is 12.5. The third-order valence-electron chi connectivity index (χ3n) is 4.03. The van der Waals surface area contributed by atoms with Crippen LogP contribution in [0.5, 0.6) is 5.75 Å². The molecule has 25 heavy (non-hydrogen) atoms. The second kappa shape index (κ2) is 6.78. The Morgan fingerprint density at radius 1 is 1.32 bits per heavy atom.